The SMILES string of the molecule is CCCn1ccc2cc(-c3ncc(C(F)(F)F)cn3)c(F)cc2c1=O. The summed E-state index contributed by atoms with van der Waals surface area (Å²) in [5, 5.41) is 0.668. The van der Waals surface area contributed by atoms with Crippen LogP contribution in [0.5, 0.6) is 0 Å². The first kappa shape index (κ1) is 17.1. The van der Waals surface area contributed by atoms with E-state index in [9.17, 15) is 22.4 Å². The summed E-state index contributed by atoms with van der Waals surface area (Å²) in [5.41, 5.74) is -1.40. The van der Waals surface area contributed by atoms with Gasteiger partial charge in [0.15, 0.2) is 5.82 Å². The van der Waals surface area contributed by atoms with E-state index in [0.717, 1.165) is 12.5 Å². The zero-order chi connectivity index (χ0) is 18.2. The average Bonchev–Trinajstić information content (AvgIpc) is 2.57. The Morgan fingerprint density at radius 3 is 2.44 bits per heavy atom. The van der Waals surface area contributed by atoms with Crippen molar-refractivity contribution in [2.75, 3.05) is 0 Å². The Morgan fingerprint density at radius 2 is 1.84 bits per heavy atom. The van der Waals surface area contributed by atoms with Gasteiger partial charge in [0, 0.05) is 25.1 Å². The summed E-state index contributed by atoms with van der Waals surface area (Å²) in [5.74, 6) is -0.941. The van der Waals surface area contributed by atoms with Crippen molar-refractivity contribution in [1.82, 2.24) is 14.5 Å². The first-order chi connectivity index (χ1) is 11.8. The van der Waals surface area contributed by atoms with E-state index in [2.05, 4.69) is 9.97 Å². The number of hydrogen-bond acceptors (Lipinski definition) is 3. The summed E-state index contributed by atoms with van der Waals surface area (Å²) in [6, 6.07) is 4.09. The van der Waals surface area contributed by atoms with E-state index in [1.54, 1.807) is 12.3 Å². The van der Waals surface area contributed by atoms with Gasteiger partial charge in [0.2, 0.25) is 0 Å². The molecule has 3 aromatic rings. The lowest BCUT2D eigenvalue weighted by Gasteiger charge is -2.09. The van der Waals surface area contributed by atoms with Crippen LogP contribution in [0.3, 0.4) is 0 Å². The highest BCUT2D eigenvalue weighted by Gasteiger charge is 2.31. The maximum atomic E-state index is 14.4. The van der Waals surface area contributed by atoms with Crippen LogP contribution < -0.4 is 5.56 Å². The van der Waals surface area contributed by atoms with Gasteiger partial charge in [0.1, 0.15) is 5.82 Å². The van der Waals surface area contributed by atoms with E-state index >= 15 is 0 Å². The van der Waals surface area contributed by atoms with Crippen molar-refractivity contribution in [3.8, 4) is 11.4 Å². The second-order valence-corrected chi connectivity index (χ2v) is 5.53. The van der Waals surface area contributed by atoms with Crippen LogP contribution in [0.15, 0.2) is 41.6 Å². The molecule has 4 nitrogen and oxygen atoms in total. The number of benzene rings is 1. The average molecular weight is 351 g/mol. The minimum atomic E-state index is -4.56. The molecule has 3 rings (SSSR count). The molecule has 0 unspecified atom stereocenters. The Labute approximate surface area is 139 Å². The van der Waals surface area contributed by atoms with Crippen molar-refractivity contribution in [2.24, 2.45) is 0 Å². The first-order valence-electron chi connectivity index (χ1n) is 7.53. The Bertz CT molecular complexity index is 978. The van der Waals surface area contributed by atoms with Crippen molar-refractivity contribution >= 4 is 10.8 Å². The highest BCUT2D eigenvalue weighted by atomic mass is 19.4. The predicted molar refractivity (Wildman–Crippen MR) is 84.5 cm³/mol. The van der Waals surface area contributed by atoms with Gasteiger partial charge in [0.05, 0.1) is 16.5 Å². The summed E-state index contributed by atoms with van der Waals surface area (Å²) in [6.07, 6.45) is -1.00. The molecule has 2 heterocycles. The van der Waals surface area contributed by atoms with Crippen LogP contribution in [0, 0.1) is 5.82 Å². The summed E-state index contributed by atoms with van der Waals surface area (Å²) in [6.45, 7) is 2.43. The van der Waals surface area contributed by atoms with Crippen LogP contribution in [0.4, 0.5) is 17.6 Å². The van der Waals surface area contributed by atoms with Crippen molar-refractivity contribution in [3.63, 3.8) is 0 Å². The molecule has 0 aliphatic heterocycles. The molecule has 0 N–H and O–H groups in total. The molecule has 0 saturated heterocycles. The van der Waals surface area contributed by atoms with Crippen LogP contribution in [0.2, 0.25) is 0 Å². The summed E-state index contributed by atoms with van der Waals surface area (Å²) in [4.78, 5) is 19.5. The molecule has 0 fully saturated rings. The molecular formula is C17H13F4N3O. The van der Waals surface area contributed by atoms with Gasteiger partial charge in [-0.15, -0.1) is 0 Å². The largest absolute Gasteiger partial charge is 0.419 e. The third-order valence-corrected chi connectivity index (χ3v) is 3.75. The third kappa shape index (κ3) is 3.24. The zero-order valence-corrected chi connectivity index (χ0v) is 13.1. The van der Waals surface area contributed by atoms with Crippen LogP contribution in [-0.2, 0) is 12.7 Å². The van der Waals surface area contributed by atoms with Gasteiger partial charge in [-0.2, -0.15) is 13.2 Å². The van der Waals surface area contributed by atoms with Crippen LogP contribution in [0.1, 0.15) is 18.9 Å². The van der Waals surface area contributed by atoms with Crippen molar-refractivity contribution in [2.45, 2.75) is 26.1 Å². The molecule has 0 spiro atoms. The molecule has 0 saturated carbocycles. The van der Waals surface area contributed by atoms with Gasteiger partial charge in [-0.05, 0) is 30.0 Å². The minimum absolute atomic E-state index is 0.0612. The number of rotatable bonds is 3. The van der Waals surface area contributed by atoms with E-state index < -0.39 is 17.6 Å². The van der Waals surface area contributed by atoms with Crippen LogP contribution >= 0.6 is 0 Å². The molecule has 130 valence electrons. The molecule has 0 aliphatic carbocycles. The third-order valence-electron chi connectivity index (χ3n) is 3.75. The highest BCUT2D eigenvalue weighted by Crippen LogP contribution is 2.29. The van der Waals surface area contributed by atoms with Crippen LogP contribution in [0.25, 0.3) is 22.2 Å². The van der Waals surface area contributed by atoms with E-state index in [1.807, 2.05) is 6.92 Å². The Kier molecular flexibility index (Phi) is 4.28. The Morgan fingerprint density at radius 1 is 1.16 bits per heavy atom. The van der Waals surface area contributed by atoms with Crippen molar-refractivity contribution in [1.29, 1.82) is 0 Å². The number of aryl methyl sites for hydroxylation is 1. The van der Waals surface area contributed by atoms with E-state index in [4.69, 9.17) is 0 Å². The van der Waals surface area contributed by atoms with Gasteiger partial charge in [0.25, 0.3) is 5.56 Å². The minimum Gasteiger partial charge on any atom is -0.315 e. The highest BCUT2D eigenvalue weighted by molar-refractivity contribution is 5.85. The summed E-state index contributed by atoms with van der Waals surface area (Å²) < 4.78 is 53.6. The molecule has 0 radical (unpaired) electrons. The number of fused-ring (bicyclic) bond motifs is 1. The van der Waals surface area contributed by atoms with E-state index in [0.29, 0.717) is 24.3 Å². The Balaban J connectivity index is 2.10. The van der Waals surface area contributed by atoms with Crippen LogP contribution in [-0.4, -0.2) is 14.5 Å². The maximum absolute atomic E-state index is 14.4. The molecule has 8 heteroatoms. The lowest BCUT2D eigenvalue weighted by Crippen LogP contribution is -2.19. The van der Waals surface area contributed by atoms with Gasteiger partial charge < -0.3 is 4.57 Å². The van der Waals surface area contributed by atoms with Gasteiger partial charge >= 0.3 is 6.18 Å². The standard InChI is InChI=1S/C17H13F4N3O/c1-2-4-24-5-3-10-6-13(14(18)7-12(10)16(24)25)15-22-8-11(9-23-15)17(19,20)21/h3,5-9H,2,4H2,1H3. The Hall–Kier alpha value is -2.77. The maximum Gasteiger partial charge on any atom is 0.419 e. The normalized spacial score (nSPS) is 11.9. The van der Waals surface area contributed by atoms with Gasteiger partial charge in [-0.3, -0.25) is 4.79 Å². The fraction of sp³-hybridized carbons (Fsp3) is 0.235. The molecule has 0 atom stereocenters. The molecule has 25 heavy (non-hydrogen) atoms. The second-order valence-electron chi connectivity index (χ2n) is 5.53. The molecule has 0 amide bonds. The van der Waals surface area contributed by atoms with Crippen molar-refractivity contribution < 1.29 is 17.6 Å². The second kappa shape index (κ2) is 6.27. The number of halogens is 4. The molecule has 0 aliphatic rings. The lowest BCUT2D eigenvalue weighted by molar-refractivity contribution is -0.138. The quantitative estimate of drug-likeness (QED) is 0.670. The number of pyridine rings is 1. The van der Waals surface area contributed by atoms with E-state index in [-0.39, 0.29) is 22.3 Å². The number of aromatic nitrogens is 3. The number of hydrogen-bond donors (Lipinski definition) is 0. The predicted octanol–water partition coefficient (Wildman–Crippen LogP) is 4.03. The zero-order valence-electron chi connectivity index (χ0n) is 13.1. The number of nitrogens with zero attached hydrogens (tertiary/aromatic N) is 3. The van der Waals surface area contributed by atoms with Crippen molar-refractivity contribution in [3.05, 3.63) is 58.5 Å². The van der Waals surface area contributed by atoms with Gasteiger partial charge in [-0.1, -0.05) is 6.92 Å². The van der Waals surface area contributed by atoms with Gasteiger partial charge in [-0.25, -0.2) is 14.4 Å². The fourth-order valence-corrected chi connectivity index (χ4v) is 2.51. The first-order valence-corrected chi connectivity index (χ1v) is 7.53. The molecule has 2 aromatic heterocycles. The smallest absolute Gasteiger partial charge is 0.315 e. The lowest BCUT2D eigenvalue weighted by atomic mass is 10.1. The molecule has 1 aromatic carbocycles. The number of alkyl halides is 3. The monoisotopic (exact) mass is 351 g/mol. The fourth-order valence-electron chi connectivity index (χ4n) is 2.51. The van der Waals surface area contributed by atoms with E-state index in [1.165, 1.54) is 10.6 Å². The molecule has 0 bridgehead atoms. The topological polar surface area (TPSA) is 47.8 Å². The summed E-state index contributed by atoms with van der Waals surface area (Å²) in [7, 11) is 0. The summed E-state index contributed by atoms with van der Waals surface area (Å²) >= 11 is 0. The molecular weight excluding hydrogens is 338 g/mol.